The molecule has 8 atom stereocenters. The van der Waals surface area contributed by atoms with Crippen LogP contribution in [-0.4, -0.2) is 18.7 Å². The van der Waals surface area contributed by atoms with Gasteiger partial charge in [-0.05, 0) is 79.3 Å². The van der Waals surface area contributed by atoms with Crippen LogP contribution < -0.4 is 0 Å². The van der Waals surface area contributed by atoms with E-state index >= 15 is 0 Å². The number of ether oxygens (including phenoxy) is 2. The SMILES string of the molecule is COC1=CC2=CCC3C(CCC4(C)C3C3CC3C43CCC(=O)O3)C2(C)CC1. The summed E-state index contributed by atoms with van der Waals surface area (Å²) in [5.41, 5.74) is 1.92. The molecule has 0 bridgehead atoms. The zero-order valence-corrected chi connectivity index (χ0v) is 16.9. The first-order valence-electron chi connectivity index (χ1n) is 11.1. The minimum absolute atomic E-state index is 0.0620. The van der Waals surface area contributed by atoms with Gasteiger partial charge in [0.05, 0.1) is 12.9 Å². The summed E-state index contributed by atoms with van der Waals surface area (Å²) in [6.07, 6.45) is 13.8. The molecule has 27 heavy (non-hydrogen) atoms. The number of rotatable bonds is 1. The summed E-state index contributed by atoms with van der Waals surface area (Å²) >= 11 is 0. The fourth-order valence-corrected chi connectivity index (χ4v) is 8.83. The molecule has 0 N–H and O–H groups in total. The van der Waals surface area contributed by atoms with Crippen molar-refractivity contribution in [3.63, 3.8) is 0 Å². The Labute approximate surface area is 162 Å². The Kier molecular flexibility index (Phi) is 3.10. The second-order valence-corrected chi connectivity index (χ2v) is 10.7. The van der Waals surface area contributed by atoms with Gasteiger partial charge in [0, 0.05) is 24.2 Å². The first kappa shape index (κ1) is 16.7. The molecule has 3 heteroatoms. The van der Waals surface area contributed by atoms with Crippen LogP contribution >= 0.6 is 0 Å². The molecule has 0 aromatic carbocycles. The van der Waals surface area contributed by atoms with Gasteiger partial charge in [0.25, 0.3) is 0 Å². The summed E-state index contributed by atoms with van der Waals surface area (Å²) in [5, 5.41) is 0. The molecule has 6 aliphatic rings. The van der Waals surface area contributed by atoms with Gasteiger partial charge in [-0.1, -0.05) is 19.9 Å². The first-order valence-corrected chi connectivity index (χ1v) is 11.1. The maximum absolute atomic E-state index is 12.1. The predicted molar refractivity (Wildman–Crippen MR) is 103 cm³/mol. The minimum atomic E-state index is -0.120. The lowest BCUT2D eigenvalue weighted by Crippen LogP contribution is -2.56. The highest BCUT2D eigenvalue weighted by Gasteiger charge is 2.78. The van der Waals surface area contributed by atoms with Gasteiger partial charge in [0.2, 0.25) is 0 Å². The Bertz CT molecular complexity index is 780. The standard InChI is InChI=1S/C24H32O3/c1-22-9-6-15(26-3)12-14(22)4-5-16-18(22)7-10-23(2)21(16)17-13-19(17)24(23)11-8-20(25)27-24/h4,12,16-19,21H,5-11,13H2,1-3H3. The highest BCUT2D eigenvalue weighted by molar-refractivity contribution is 5.73. The average Bonchev–Trinajstić information content (AvgIpc) is 3.29. The Hall–Kier alpha value is -1.25. The second-order valence-electron chi connectivity index (χ2n) is 10.7. The lowest BCUT2D eigenvalue weighted by molar-refractivity contribution is -0.175. The molecule has 0 aromatic rings. The Morgan fingerprint density at radius 1 is 1.11 bits per heavy atom. The van der Waals surface area contributed by atoms with E-state index in [9.17, 15) is 4.79 Å². The molecule has 0 amide bonds. The normalized spacial score (nSPS) is 54.9. The first-order chi connectivity index (χ1) is 12.9. The fraction of sp³-hybridized carbons (Fsp3) is 0.792. The van der Waals surface area contributed by atoms with E-state index in [-0.39, 0.29) is 17.0 Å². The zero-order chi connectivity index (χ0) is 18.6. The number of hydrogen-bond donors (Lipinski definition) is 0. The van der Waals surface area contributed by atoms with Crippen molar-refractivity contribution < 1.29 is 14.3 Å². The number of carbonyl (C=O) groups excluding carboxylic acids is 1. The molecule has 1 heterocycles. The number of fused-ring (bicyclic) bond motifs is 9. The molecule has 3 nitrogen and oxygen atoms in total. The molecule has 1 spiro atoms. The molecule has 0 aromatic heterocycles. The van der Waals surface area contributed by atoms with Gasteiger partial charge in [0.15, 0.2) is 0 Å². The topological polar surface area (TPSA) is 35.5 Å². The van der Waals surface area contributed by atoms with Crippen molar-refractivity contribution >= 4 is 5.97 Å². The fourth-order valence-electron chi connectivity index (χ4n) is 8.83. The lowest BCUT2D eigenvalue weighted by atomic mass is 9.46. The molecule has 146 valence electrons. The van der Waals surface area contributed by atoms with Crippen molar-refractivity contribution in [2.45, 2.75) is 70.8 Å². The highest BCUT2D eigenvalue weighted by Crippen LogP contribution is 2.79. The van der Waals surface area contributed by atoms with E-state index in [0.29, 0.717) is 17.8 Å². The van der Waals surface area contributed by atoms with E-state index in [1.165, 1.54) is 37.7 Å². The quantitative estimate of drug-likeness (QED) is 0.610. The number of hydrogen-bond acceptors (Lipinski definition) is 3. The van der Waals surface area contributed by atoms with E-state index in [2.05, 4.69) is 26.0 Å². The van der Waals surface area contributed by atoms with Crippen LogP contribution in [0.15, 0.2) is 23.5 Å². The van der Waals surface area contributed by atoms with Gasteiger partial charge in [0.1, 0.15) is 5.60 Å². The van der Waals surface area contributed by atoms with Crippen LogP contribution in [0.2, 0.25) is 0 Å². The molecule has 0 radical (unpaired) electrons. The van der Waals surface area contributed by atoms with Crippen molar-refractivity contribution in [1.29, 1.82) is 0 Å². The predicted octanol–water partition coefficient (Wildman–Crippen LogP) is 5.02. The molecule has 1 aliphatic heterocycles. The summed E-state index contributed by atoms with van der Waals surface area (Å²) in [6, 6.07) is 0. The molecule has 3 saturated carbocycles. The molecule has 8 unspecified atom stereocenters. The van der Waals surface area contributed by atoms with E-state index < -0.39 is 0 Å². The van der Waals surface area contributed by atoms with Gasteiger partial charge >= 0.3 is 5.97 Å². The van der Waals surface area contributed by atoms with E-state index in [1.54, 1.807) is 7.11 Å². The van der Waals surface area contributed by atoms with Crippen LogP contribution in [-0.2, 0) is 14.3 Å². The molecule has 6 rings (SSSR count). The second kappa shape index (κ2) is 5.02. The van der Waals surface area contributed by atoms with E-state index in [4.69, 9.17) is 9.47 Å². The number of carbonyl (C=O) groups is 1. The van der Waals surface area contributed by atoms with Crippen molar-refractivity contribution in [1.82, 2.24) is 0 Å². The summed E-state index contributed by atoms with van der Waals surface area (Å²) in [6.45, 7) is 5.01. The van der Waals surface area contributed by atoms with Gasteiger partial charge in [-0.25, -0.2) is 0 Å². The molecule has 5 aliphatic carbocycles. The van der Waals surface area contributed by atoms with Crippen LogP contribution in [0.1, 0.15) is 65.2 Å². The number of esters is 1. The van der Waals surface area contributed by atoms with Crippen LogP contribution in [0, 0.1) is 40.4 Å². The van der Waals surface area contributed by atoms with Crippen molar-refractivity contribution in [2.24, 2.45) is 40.4 Å². The van der Waals surface area contributed by atoms with E-state index in [0.717, 1.165) is 42.3 Å². The van der Waals surface area contributed by atoms with Crippen LogP contribution in [0.5, 0.6) is 0 Å². The maximum atomic E-state index is 12.1. The number of methoxy groups -OCH3 is 1. The molecule has 1 saturated heterocycles. The smallest absolute Gasteiger partial charge is 0.306 e. The van der Waals surface area contributed by atoms with Crippen molar-refractivity contribution in [2.75, 3.05) is 7.11 Å². The van der Waals surface area contributed by atoms with Gasteiger partial charge in [-0.2, -0.15) is 0 Å². The van der Waals surface area contributed by atoms with Crippen LogP contribution in [0.25, 0.3) is 0 Å². The highest BCUT2D eigenvalue weighted by atomic mass is 16.6. The third kappa shape index (κ3) is 1.83. The van der Waals surface area contributed by atoms with Crippen molar-refractivity contribution in [3.8, 4) is 0 Å². The van der Waals surface area contributed by atoms with Crippen LogP contribution in [0.3, 0.4) is 0 Å². The summed E-state index contributed by atoms with van der Waals surface area (Å²) < 4.78 is 11.8. The third-order valence-corrected chi connectivity index (χ3v) is 10.1. The zero-order valence-electron chi connectivity index (χ0n) is 16.9. The average molecular weight is 369 g/mol. The third-order valence-electron chi connectivity index (χ3n) is 10.1. The Morgan fingerprint density at radius 3 is 2.70 bits per heavy atom. The summed E-state index contributed by atoms with van der Waals surface area (Å²) in [5.74, 6) is 4.96. The van der Waals surface area contributed by atoms with Gasteiger partial charge < -0.3 is 9.47 Å². The molecule has 4 fully saturated rings. The largest absolute Gasteiger partial charge is 0.501 e. The number of allylic oxidation sites excluding steroid dienone is 4. The maximum Gasteiger partial charge on any atom is 0.306 e. The lowest BCUT2D eigenvalue weighted by Gasteiger charge is -2.59. The van der Waals surface area contributed by atoms with Gasteiger partial charge in [-0.3, -0.25) is 4.79 Å². The minimum Gasteiger partial charge on any atom is -0.501 e. The molecular weight excluding hydrogens is 336 g/mol. The summed E-state index contributed by atoms with van der Waals surface area (Å²) in [7, 11) is 1.81. The Morgan fingerprint density at radius 2 is 1.96 bits per heavy atom. The summed E-state index contributed by atoms with van der Waals surface area (Å²) in [4.78, 5) is 12.1. The van der Waals surface area contributed by atoms with Crippen molar-refractivity contribution in [3.05, 3.63) is 23.5 Å². The van der Waals surface area contributed by atoms with E-state index in [1.807, 2.05) is 0 Å². The molecular formula is C24H32O3. The van der Waals surface area contributed by atoms with Crippen LogP contribution in [0.4, 0.5) is 0 Å². The Balaban J connectivity index is 1.39. The monoisotopic (exact) mass is 368 g/mol. The van der Waals surface area contributed by atoms with Gasteiger partial charge in [-0.15, -0.1) is 0 Å².